The van der Waals surface area contributed by atoms with Crippen molar-refractivity contribution in [3.8, 4) is 0 Å². The summed E-state index contributed by atoms with van der Waals surface area (Å²) in [7, 11) is 0. The van der Waals surface area contributed by atoms with Crippen molar-refractivity contribution < 1.29 is 32.9 Å². The Morgan fingerprint density at radius 2 is 0.286 bits per heavy atom. The Hall–Kier alpha value is 0.190. The third kappa shape index (κ3) is 3010. The van der Waals surface area contributed by atoms with Gasteiger partial charge in [-0.2, -0.15) is 9.90 Å². The third-order valence-electron chi connectivity index (χ3n) is 0. The lowest BCUT2D eigenvalue weighted by atomic mass is 16.0. The maximum Gasteiger partial charge on any atom is -0.153 e. The van der Waals surface area contributed by atoms with E-state index in [1.165, 1.54) is 0 Å². The number of hydrogen-bond acceptors (Lipinski definition) is 0. The maximum atomic E-state index is 0. The van der Waals surface area contributed by atoms with Crippen LogP contribution in [-0.2, 0) is 0 Å². The molecule has 1 unspecified atom stereocenters. The summed E-state index contributed by atoms with van der Waals surface area (Å²) in [5.41, 5.74) is 0. The van der Waals surface area contributed by atoms with Gasteiger partial charge in [0.1, 0.15) is 0 Å². The van der Waals surface area contributed by atoms with Crippen LogP contribution in [0.1, 0.15) is 0 Å². The summed E-state index contributed by atoms with van der Waals surface area (Å²) in [4.78, 5) is 0. The fraction of sp³-hybridized carbons (Fsp3) is 0. The van der Waals surface area contributed by atoms with Crippen LogP contribution in [0.4, 0.5) is 0 Å². The Balaban J connectivity index is 0. The van der Waals surface area contributed by atoms with E-state index in [1.807, 2.05) is 0 Å². The normalized spacial score (nSPS) is 0. The SMILES string of the molecule is O.O.O.O.O.O.P. The second-order valence-corrected chi connectivity index (χ2v) is 0. The van der Waals surface area contributed by atoms with Gasteiger partial charge in [-0.3, -0.25) is 0 Å². The topological polar surface area (TPSA) is 189 Å². The van der Waals surface area contributed by atoms with E-state index in [0.29, 0.717) is 0 Å². The molecule has 0 aliphatic rings. The quantitative estimate of drug-likeness (QED) is 0.293. The molecule has 0 aromatic carbocycles. The molecule has 0 spiro atoms. The van der Waals surface area contributed by atoms with E-state index in [4.69, 9.17) is 0 Å². The Bertz CT molecular complexity index is 4.14. The van der Waals surface area contributed by atoms with Crippen LogP contribution in [0.5, 0.6) is 0 Å². The highest BCUT2D eigenvalue weighted by molar-refractivity contribution is 6.92. The fourth-order valence-electron chi connectivity index (χ4n) is 0. The third-order valence-corrected chi connectivity index (χ3v) is 0. The van der Waals surface area contributed by atoms with Gasteiger partial charge in [0.2, 0.25) is 0 Å². The summed E-state index contributed by atoms with van der Waals surface area (Å²) in [6.45, 7) is 0. The summed E-state index contributed by atoms with van der Waals surface area (Å²) in [6.07, 6.45) is 0. The largest absolute Gasteiger partial charge is 0.412 e. The lowest BCUT2D eigenvalue weighted by Gasteiger charge is -0.413. The average molecular weight is 142 g/mol. The molecule has 0 bridgehead atoms. The van der Waals surface area contributed by atoms with Crippen LogP contribution >= 0.6 is 9.90 Å². The van der Waals surface area contributed by atoms with Crippen molar-refractivity contribution in [3.63, 3.8) is 0 Å². The molecule has 0 heterocycles. The zero-order chi connectivity index (χ0) is 0. The van der Waals surface area contributed by atoms with E-state index in [1.54, 1.807) is 0 Å². The minimum absolute atomic E-state index is 0. The molecular formula is H15O6P. The molecule has 12 N–H and O–H groups in total. The first-order valence-electron chi connectivity index (χ1n) is 0. The van der Waals surface area contributed by atoms with Gasteiger partial charge in [-0.25, -0.2) is 0 Å². The predicted octanol–water partition coefficient (Wildman–Crippen LogP) is -4.89. The molecule has 0 amide bonds. The molecule has 0 fully saturated rings. The second kappa shape index (κ2) is 4620. The molecular weight excluding hydrogens is 127 g/mol. The van der Waals surface area contributed by atoms with Crippen LogP contribution in [0.3, 0.4) is 0 Å². The van der Waals surface area contributed by atoms with Crippen molar-refractivity contribution in [1.29, 1.82) is 0 Å². The van der Waals surface area contributed by atoms with Gasteiger partial charge in [0, 0.05) is 0 Å². The molecule has 1 atom stereocenters. The van der Waals surface area contributed by atoms with Gasteiger partial charge in [-0.05, 0) is 0 Å². The fourth-order valence-corrected chi connectivity index (χ4v) is 0. The Morgan fingerprint density at radius 3 is 0.286 bits per heavy atom. The molecule has 0 aromatic heterocycles. The summed E-state index contributed by atoms with van der Waals surface area (Å²) in [6, 6.07) is 0. The van der Waals surface area contributed by atoms with Gasteiger partial charge in [0.25, 0.3) is 0 Å². The molecule has 7 heavy (non-hydrogen) atoms. The first-order chi connectivity index (χ1) is 0. The Morgan fingerprint density at radius 1 is 0.286 bits per heavy atom. The maximum absolute atomic E-state index is 0. The molecule has 6 nitrogen and oxygen atoms in total. The van der Waals surface area contributed by atoms with Gasteiger partial charge < -0.3 is 32.9 Å². The molecule has 7 heteroatoms. The minimum Gasteiger partial charge on any atom is -0.412 e. The van der Waals surface area contributed by atoms with E-state index in [0.717, 1.165) is 0 Å². The van der Waals surface area contributed by atoms with Crippen LogP contribution in [0, 0.1) is 0 Å². The summed E-state index contributed by atoms with van der Waals surface area (Å²) >= 11 is 0. The molecule has 0 saturated heterocycles. The second-order valence-electron chi connectivity index (χ2n) is 0. The summed E-state index contributed by atoms with van der Waals surface area (Å²) in [5.74, 6) is 0. The van der Waals surface area contributed by atoms with Crippen molar-refractivity contribution in [1.82, 2.24) is 0 Å². The van der Waals surface area contributed by atoms with Gasteiger partial charge in [-0.1, -0.05) is 0 Å². The van der Waals surface area contributed by atoms with E-state index in [2.05, 4.69) is 0 Å². The zero-order valence-corrected chi connectivity index (χ0v) is 5.12. The zero-order valence-electron chi connectivity index (χ0n) is 3.71. The Labute approximate surface area is 44.0 Å². The first kappa shape index (κ1) is 7630. The number of rotatable bonds is 0. The predicted molar refractivity (Wildman–Crippen MR) is 32.8 cm³/mol. The highest BCUT2D eigenvalue weighted by Crippen LogP contribution is 0.861. The van der Waals surface area contributed by atoms with Crippen molar-refractivity contribution in [2.45, 2.75) is 0 Å². The highest BCUT2D eigenvalue weighted by Gasteiger charge is -0.153. The smallest absolute Gasteiger partial charge is 0.153 e. The highest BCUT2D eigenvalue weighted by atomic mass is 31.0. The Kier molecular flexibility index (Phi) is 5040000. The van der Waals surface area contributed by atoms with Crippen molar-refractivity contribution in [2.75, 3.05) is 0 Å². The van der Waals surface area contributed by atoms with E-state index < -0.39 is 0 Å². The van der Waals surface area contributed by atoms with E-state index in [-0.39, 0.29) is 42.8 Å². The van der Waals surface area contributed by atoms with Crippen LogP contribution < -0.4 is 0 Å². The minimum atomic E-state index is 0. The average Bonchev–Trinajstić information content (AvgIpc) is 0. The van der Waals surface area contributed by atoms with Crippen LogP contribution in [0.15, 0.2) is 0 Å². The van der Waals surface area contributed by atoms with Crippen LogP contribution in [0.2, 0.25) is 0 Å². The molecule has 0 saturated carbocycles. The van der Waals surface area contributed by atoms with Gasteiger partial charge in [0.05, 0.1) is 0 Å². The van der Waals surface area contributed by atoms with Crippen LogP contribution in [-0.4, -0.2) is 32.9 Å². The van der Waals surface area contributed by atoms with Gasteiger partial charge >= 0.3 is 0 Å². The van der Waals surface area contributed by atoms with Crippen LogP contribution in [0.25, 0.3) is 0 Å². The summed E-state index contributed by atoms with van der Waals surface area (Å²) < 4.78 is 0. The molecule has 56 valence electrons. The van der Waals surface area contributed by atoms with Crippen molar-refractivity contribution in [2.24, 2.45) is 0 Å². The molecule has 0 rings (SSSR count). The van der Waals surface area contributed by atoms with E-state index in [9.17, 15) is 0 Å². The lowest BCUT2D eigenvalue weighted by Crippen LogP contribution is -0.290. The van der Waals surface area contributed by atoms with Gasteiger partial charge in [0.15, 0.2) is 0 Å². The molecule has 0 aliphatic heterocycles. The van der Waals surface area contributed by atoms with Crippen molar-refractivity contribution in [3.05, 3.63) is 0 Å². The monoisotopic (exact) mass is 142 g/mol. The standard InChI is InChI=1S/6H2O.H3P/h6*1H2;1H3. The molecule has 0 aromatic rings. The van der Waals surface area contributed by atoms with Crippen molar-refractivity contribution >= 4 is 9.90 Å². The first-order valence-corrected chi connectivity index (χ1v) is 0. The van der Waals surface area contributed by atoms with E-state index >= 15 is 0 Å². The van der Waals surface area contributed by atoms with Gasteiger partial charge in [-0.15, -0.1) is 0 Å². The summed E-state index contributed by atoms with van der Waals surface area (Å²) in [5, 5.41) is 0. The number of hydrogen-bond donors (Lipinski definition) is 0. The molecule has 0 radical (unpaired) electrons. The molecule has 0 aliphatic carbocycles. The lowest BCUT2D eigenvalue weighted by molar-refractivity contribution is 0.823.